The fraction of sp³-hybridized carbons (Fsp3) is 0.286. The van der Waals surface area contributed by atoms with Crippen molar-refractivity contribution in [3.05, 3.63) is 60.3 Å². The Labute approximate surface area is 164 Å². The summed E-state index contributed by atoms with van der Waals surface area (Å²) in [5.41, 5.74) is 3.44. The lowest BCUT2D eigenvalue weighted by Crippen LogP contribution is -2.29. The summed E-state index contributed by atoms with van der Waals surface area (Å²) < 4.78 is 17.4. The number of rotatable bonds is 9. The average molecular weight is 385 g/mol. The molecule has 28 heavy (non-hydrogen) atoms. The first-order valence-corrected chi connectivity index (χ1v) is 8.84. The maximum Gasteiger partial charge on any atom is 0.407 e. The second kappa shape index (κ2) is 10.1. The molecular weight excluding hydrogens is 360 g/mol. The highest BCUT2D eigenvalue weighted by atomic mass is 16.6. The highest BCUT2D eigenvalue weighted by Gasteiger charge is 2.16. The summed E-state index contributed by atoms with van der Waals surface area (Å²) >= 11 is 0. The van der Waals surface area contributed by atoms with Crippen LogP contribution in [0.4, 0.5) is 10.5 Å². The molecule has 0 fully saturated rings. The van der Waals surface area contributed by atoms with Crippen molar-refractivity contribution in [1.29, 1.82) is 0 Å². The van der Waals surface area contributed by atoms with Crippen LogP contribution in [-0.4, -0.2) is 49.2 Å². The van der Waals surface area contributed by atoms with Gasteiger partial charge in [0.25, 0.3) is 0 Å². The maximum absolute atomic E-state index is 11.5. The lowest BCUT2D eigenvalue weighted by Gasteiger charge is -2.09. The van der Waals surface area contributed by atoms with Gasteiger partial charge in [-0.1, -0.05) is 13.2 Å². The Bertz CT molecular complexity index is 822. The zero-order valence-electron chi connectivity index (χ0n) is 16.2. The summed E-state index contributed by atoms with van der Waals surface area (Å²) in [5.74, 6) is 0.187. The Balaban J connectivity index is 1.62. The molecular formula is C21H25N2O5+. The van der Waals surface area contributed by atoms with E-state index in [0.717, 1.165) is 16.8 Å². The maximum atomic E-state index is 11.5. The summed E-state index contributed by atoms with van der Waals surface area (Å²) in [7, 11) is 0. The summed E-state index contributed by atoms with van der Waals surface area (Å²) in [6, 6.07) is 7.58. The fourth-order valence-corrected chi connectivity index (χ4v) is 2.23. The Morgan fingerprint density at radius 2 is 1.82 bits per heavy atom. The Kier molecular flexibility index (Phi) is 7.56. The van der Waals surface area contributed by atoms with Crippen LogP contribution >= 0.6 is 0 Å². The number of hydrogen-bond acceptors (Lipinski definition) is 5. The first-order valence-electron chi connectivity index (χ1n) is 8.84. The van der Waals surface area contributed by atoms with Gasteiger partial charge in [0.1, 0.15) is 25.6 Å². The SMILES string of the molecule is C=C(C)C(=O)OCCNC(=O)OCCOc1ccc([N+]2=CC(=C)C(C)=C2)cc1. The minimum atomic E-state index is -0.600. The topological polar surface area (TPSA) is 76.9 Å². The standard InChI is InChI=1S/C21H24N2O5/c1-15(2)20(24)27-10-9-22-21(25)28-12-11-26-19-7-5-18(6-8-19)23-13-16(3)17(4)14-23/h5-8,13-14H,1,3,9-12H2,2,4H3/p+1. The third-order valence-electron chi connectivity index (χ3n) is 3.81. The fourth-order valence-electron chi connectivity index (χ4n) is 2.23. The summed E-state index contributed by atoms with van der Waals surface area (Å²) in [4.78, 5) is 22.7. The molecule has 1 N–H and O–H groups in total. The number of amides is 1. The molecule has 2 rings (SSSR count). The molecule has 7 heteroatoms. The number of nitrogens with one attached hydrogen (secondary N) is 1. The van der Waals surface area contributed by atoms with Crippen molar-refractivity contribution in [1.82, 2.24) is 5.32 Å². The molecule has 0 aliphatic carbocycles. The first kappa shape index (κ1) is 21.0. The van der Waals surface area contributed by atoms with Gasteiger partial charge in [-0.25, -0.2) is 9.59 Å². The molecule has 0 unspecified atom stereocenters. The molecule has 0 atom stereocenters. The second-order valence-corrected chi connectivity index (χ2v) is 6.20. The third kappa shape index (κ3) is 6.42. The van der Waals surface area contributed by atoms with Crippen molar-refractivity contribution in [2.45, 2.75) is 13.8 Å². The molecule has 0 aromatic heterocycles. The number of benzene rings is 1. The number of ether oxygens (including phenoxy) is 3. The van der Waals surface area contributed by atoms with Gasteiger partial charge in [0.15, 0.2) is 12.4 Å². The number of hydrogen-bond donors (Lipinski definition) is 1. The predicted molar refractivity (Wildman–Crippen MR) is 106 cm³/mol. The van der Waals surface area contributed by atoms with Gasteiger partial charge in [-0.15, -0.1) is 0 Å². The molecule has 0 spiro atoms. The van der Waals surface area contributed by atoms with Gasteiger partial charge in [0.05, 0.1) is 6.54 Å². The molecule has 1 aliphatic rings. The van der Waals surface area contributed by atoms with Crippen molar-refractivity contribution in [2.75, 3.05) is 26.4 Å². The van der Waals surface area contributed by atoms with E-state index >= 15 is 0 Å². The van der Waals surface area contributed by atoms with E-state index in [1.54, 1.807) is 6.92 Å². The number of carbonyl (C=O) groups is 2. The Morgan fingerprint density at radius 3 is 2.43 bits per heavy atom. The predicted octanol–water partition coefficient (Wildman–Crippen LogP) is 3.10. The highest BCUT2D eigenvalue weighted by Crippen LogP contribution is 2.22. The van der Waals surface area contributed by atoms with E-state index in [2.05, 4.69) is 18.5 Å². The number of alkyl carbamates (subject to hydrolysis) is 1. The van der Waals surface area contributed by atoms with Gasteiger partial charge in [-0.05, 0) is 26.0 Å². The van der Waals surface area contributed by atoms with Crippen LogP contribution < -0.4 is 10.1 Å². The highest BCUT2D eigenvalue weighted by molar-refractivity contribution is 5.86. The van der Waals surface area contributed by atoms with Crippen LogP contribution in [0, 0.1) is 0 Å². The molecule has 0 radical (unpaired) electrons. The third-order valence-corrected chi connectivity index (χ3v) is 3.81. The quantitative estimate of drug-likeness (QED) is 0.306. The molecule has 1 aromatic rings. The second-order valence-electron chi connectivity index (χ2n) is 6.20. The van der Waals surface area contributed by atoms with E-state index < -0.39 is 12.1 Å². The minimum absolute atomic E-state index is 0.0557. The first-order chi connectivity index (χ1) is 13.4. The van der Waals surface area contributed by atoms with Crippen LogP contribution in [0.1, 0.15) is 13.8 Å². The van der Waals surface area contributed by atoms with Crippen LogP contribution in [-0.2, 0) is 14.3 Å². The zero-order valence-corrected chi connectivity index (χ0v) is 16.2. The minimum Gasteiger partial charge on any atom is -0.490 e. The number of esters is 1. The smallest absolute Gasteiger partial charge is 0.407 e. The number of allylic oxidation sites excluding steroid dienone is 2. The van der Waals surface area contributed by atoms with Crippen molar-refractivity contribution < 1.29 is 28.4 Å². The molecule has 1 aromatic carbocycles. The van der Waals surface area contributed by atoms with E-state index in [-0.39, 0.29) is 26.4 Å². The Hall–Kier alpha value is -3.35. The van der Waals surface area contributed by atoms with Crippen LogP contribution in [0.15, 0.2) is 60.3 Å². The molecule has 0 saturated heterocycles. The zero-order chi connectivity index (χ0) is 20.5. The van der Waals surface area contributed by atoms with Crippen LogP contribution in [0.3, 0.4) is 0 Å². The number of nitrogens with zero attached hydrogens (tertiary/aromatic N) is 1. The van der Waals surface area contributed by atoms with Crippen molar-refractivity contribution in [3.63, 3.8) is 0 Å². The van der Waals surface area contributed by atoms with Crippen LogP contribution in [0.2, 0.25) is 0 Å². The van der Waals surface area contributed by atoms with E-state index in [0.29, 0.717) is 11.3 Å². The van der Waals surface area contributed by atoms with Gasteiger partial charge >= 0.3 is 12.1 Å². The van der Waals surface area contributed by atoms with E-state index in [9.17, 15) is 9.59 Å². The van der Waals surface area contributed by atoms with Crippen LogP contribution in [0.5, 0.6) is 5.75 Å². The molecule has 1 aliphatic heterocycles. The van der Waals surface area contributed by atoms with Gasteiger partial charge in [-0.2, -0.15) is 4.58 Å². The van der Waals surface area contributed by atoms with Gasteiger partial charge in [-0.3, -0.25) is 0 Å². The van der Waals surface area contributed by atoms with Crippen molar-refractivity contribution in [3.8, 4) is 5.75 Å². The summed E-state index contributed by atoms with van der Waals surface area (Å²) in [6.07, 6.45) is 3.39. The monoisotopic (exact) mass is 385 g/mol. The van der Waals surface area contributed by atoms with Gasteiger partial charge < -0.3 is 19.5 Å². The number of carbonyl (C=O) groups excluding carboxylic acids is 2. The normalized spacial score (nSPS) is 12.7. The van der Waals surface area contributed by atoms with E-state index in [4.69, 9.17) is 14.2 Å². The summed E-state index contributed by atoms with van der Waals surface area (Å²) in [5, 5.41) is 2.48. The van der Waals surface area contributed by atoms with Crippen molar-refractivity contribution >= 4 is 24.0 Å². The lowest BCUT2D eigenvalue weighted by atomic mass is 10.2. The Morgan fingerprint density at radius 1 is 1.11 bits per heavy atom. The lowest BCUT2D eigenvalue weighted by molar-refractivity contribution is -0.351. The summed E-state index contributed by atoms with van der Waals surface area (Å²) in [6.45, 7) is 11.5. The van der Waals surface area contributed by atoms with E-state index in [1.165, 1.54) is 0 Å². The molecule has 148 valence electrons. The van der Waals surface area contributed by atoms with Gasteiger partial charge in [0, 0.05) is 28.9 Å². The molecule has 1 heterocycles. The van der Waals surface area contributed by atoms with E-state index in [1.807, 2.05) is 48.2 Å². The van der Waals surface area contributed by atoms with Crippen molar-refractivity contribution in [2.24, 2.45) is 0 Å². The molecule has 0 bridgehead atoms. The molecule has 0 saturated carbocycles. The van der Waals surface area contributed by atoms with Gasteiger partial charge in [0.2, 0.25) is 5.69 Å². The largest absolute Gasteiger partial charge is 0.490 e. The average Bonchev–Trinajstić information content (AvgIpc) is 3.01. The molecule has 7 nitrogen and oxygen atoms in total. The molecule has 1 amide bonds. The van der Waals surface area contributed by atoms with Crippen LogP contribution in [0.25, 0.3) is 0 Å².